The molecule has 0 unspecified atom stereocenters. The fourth-order valence-electron chi connectivity index (χ4n) is 3.67. The molecule has 0 atom stereocenters. The van der Waals surface area contributed by atoms with Gasteiger partial charge in [-0.15, -0.1) is 0 Å². The quantitative estimate of drug-likeness (QED) is 0.185. The summed E-state index contributed by atoms with van der Waals surface area (Å²) in [6.45, 7) is 1.31. The van der Waals surface area contributed by atoms with Crippen LogP contribution >= 0.6 is 11.6 Å². The molecule has 3 aromatic carbocycles. The van der Waals surface area contributed by atoms with E-state index in [1.54, 1.807) is 61.7 Å². The molecule has 9 nitrogen and oxygen atoms in total. The van der Waals surface area contributed by atoms with Crippen molar-refractivity contribution in [1.29, 1.82) is 0 Å². The van der Waals surface area contributed by atoms with Gasteiger partial charge in [-0.05, 0) is 49.4 Å². The number of rotatable bonds is 9. The molecule has 0 radical (unpaired) electrons. The normalized spacial score (nSPS) is 11.5. The van der Waals surface area contributed by atoms with Crippen LogP contribution < -0.4 is 19.2 Å². The monoisotopic (exact) mass is 552 g/mol. The van der Waals surface area contributed by atoms with Gasteiger partial charge in [0.05, 0.1) is 36.5 Å². The van der Waals surface area contributed by atoms with Gasteiger partial charge in [0.25, 0.3) is 15.9 Å². The number of hydrazone groups is 1. The number of nitrogens with zero attached hydrogens (tertiary/aromatic N) is 3. The van der Waals surface area contributed by atoms with Crippen LogP contribution in [0, 0.1) is 6.92 Å². The van der Waals surface area contributed by atoms with E-state index in [2.05, 4.69) is 15.5 Å². The Morgan fingerprint density at radius 1 is 1.05 bits per heavy atom. The summed E-state index contributed by atoms with van der Waals surface area (Å²) in [5.74, 6) is 0.275. The number of aromatic nitrogens is 1. The zero-order chi connectivity index (χ0) is 27.3. The second-order valence-corrected chi connectivity index (χ2v) is 10.4. The SMILES string of the molecule is COc1ccc2cc(/C=N\NC(=O)CN(c3ccccc3OC)S(=O)(=O)c3ccc(C)cc3)c(Cl)nc2c1. The van der Waals surface area contributed by atoms with Crippen molar-refractivity contribution in [3.63, 3.8) is 0 Å². The molecule has 11 heteroatoms. The van der Waals surface area contributed by atoms with Crippen LogP contribution in [0.3, 0.4) is 0 Å². The highest BCUT2D eigenvalue weighted by atomic mass is 35.5. The summed E-state index contributed by atoms with van der Waals surface area (Å²) < 4.78 is 38.7. The van der Waals surface area contributed by atoms with E-state index in [9.17, 15) is 13.2 Å². The maximum atomic E-state index is 13.6. The Kier molecular flexibility index (Phi) is 8.13. The number of amides is 1. The van der Waals surface area contributed by atoms with Crippen LogP contribution in [0.1, 0.15) is 11.1 Å². The van der Waals surface area contributed by atoms with Crippen LogP contribution in [0.15, 0.2) is 82.8 Å². The molecule has 1 heterocycles. The number of fused-ring (bicyclic) bond motifs is 1. The van der Waals surface area contributed by atoms with Gasteiger partial charge in [-0.3, -0.25) is 9.10 Å². The molecule has 0 aliphatic heterocycles. The van der Waals surface area contributed by atoms with E-state index in [4.69, 9.17) is 21.1 Å². The lowest BCUT2D eigenvalue weighted by Gasteiger charge is -2.25. The lowest BCUT2D eigenvalue weighted by atomic mass is 10.1. The van der Waals surface area contributed by atoms with Gasteiger partial charge < -0.3 is 9.47 Å². The standard InChI is InChI=1S/C27H25ClN4O5S/c1-18-8-12-22(13-9-18)38(34,35)32(24-6-4-5-7-25(24)37-3)17-26(33)31-29-16-20-14-19-10-11-21(36-2)15-23(19)30-27(20)28/h4-16H,17H2,1-3H3,(H,31,33)/b29-16-. The molecule has 0 saturated carbocycles. The Balaban J connectivity index is 1.58. The molecule has 0 aliphatic rings. The highest BCUT2D eigenvalue weighted by molar-refractivity contribution is 7.92. The number of anilines is 1. The Bertz CT molecular complexity index is 1610. The number of aryl methyl sites for hydroxylation is 1. The molecule has 1 aromatic heterocycles. The molecule has 1 amide bonds. The average molecular weight is 553 g/mol. The maximum absolute atomic E-state index is 13.6. The summed E-state index contributed by atoms with van der Waals surface area (Å²) in [4.78, 5) is 17.3. The van der Waals surface area contributed by atoms with Gasteiger partial charge in [0.2, 0.25) is 0 Å². The number of carbonyl (C=O) groups excluding carboxylic acids is 1. The van der Waals surface area contributed by atoms with E-state index < -0.39 is 22.5 Å². The smallest absolute Gasteiger partial charge is 0.264 e. The van der Waals surface area contributed by atoms with E-state index in [0.717, 1.165) is 15.3 Å². The molecule has 196 valence electrons. The van der Waals surface area contributed by atoms with Crippen LogP contribution in [0.4, 0.5) is 5.69 Å². The van der Waals surface area contributed by atoms with Crippen molar-refractivity contribution in [2.45, 2.75) is 11.8 Å². The van der Waals surface area contributed by atoms with Crippen LogP contribution in [0.5, 0.6) is 11.5 Å². The lowest BCUT2D eigenvalue weighted by Crippen LogP contribution is -2.39. The minimum Gasteiger partial charge on any atom is -0.497 e. The van der Waals surface area contributed by atoms with Crippen molar-refractivity contribution < 1.29 is 22.7 Å². The molecule has 1 N–H and O–H groups in total. The van der Waals surface area contributed by atoms with E-state index in [0.29, 0.717) is 22.6 Å². The second kappa shape index (κ2) is 11.5. The first-order valence-corrected chi connectivity index (χ1v) is 13.2. The number of benzene rings is 3. The molecular formula is C27H25ClN4O5S. The van der Waals surface area contributed by atoms with E-state index in [1.165, 1.54) is 25.5 Å². The number of sulfonamides is 1. The molecule has 4 rings (SSSR count). The Morgan fingerprint density at radius 3 is 2.50 bits per heavy atom. The maximum Gasteiger partial charge on any atom is 0.264 e. The molecular weight excluding hydrogens is 528 g/mol. The molecule has 0 bridgehead atoms. The van der Waals surface area contributed by atoms with E-state index >= 15 is 0 Å². The number of hydrogen-bond donors (Lipinski definition) is 1. The number of nitrogens with one attached hydrogen (secondary N) is 1. The molecule has 38 heavy (non-hydrogen) atoms. The first kappa shape index (κ1) is 26.9. The zero-order valence-corrected chi connectivity index (χ0v) is 22.5. The van der Waals surface area contributed by atoms with Crippen molar-refractivity contribution in [2.75, 3.05) is 25.1 Å². The molecule has 0 fully saturated rings. The van der Waals surface area contributed by atoms with E-state index in [1.807, 2.05) is 13.0 Å². The summed E-state index contributed by atoms with van der Waals surface area (Å²) in [6.07, 6.45) is 1.35. The Morgan fingerprint density at radius 2 is 1.79 bits per heavy atom. The summed E-state index contributed by atoms with van der Waals surface area (Å²) in [5.41, 5.74) is 4.60. The number of pyridine rings is 1. The summed E-state index contributed by atoms with van der Waals surface area (Å²) in [6, 6.07) is 20.1. The highest BCUT2D eigenvalue weighted by Crippen LogP contribution is 2.32. The number of para-hydroxylation sites is 2. The summed E-state index contributed by atoms with van der Waals surface area (Å²) in [7, 11) is -1.12. The van der Waals surface area contributed by atoms with Gasteiger partial charge in [0.1, 0.15) is 23.2 Å². The number of halogens is 1. The summed E-state index contributed by atoms with van der Waals surface area (Å²) >= 11 is 6.29. The van der Waals surface area contributed by atoms with Gasteiger partial charge in [0.15, 0.2) is 0 Å². The van der Waals surface area contributed by atoms with Crippen molar-refractivity contribution in [3.8, 4) is 11.5 Å². The second-order valence-electron chi connectivity index (χ2n) is 8.22. The van der Waals surface area contributed by atoms with Gasteiger partial charge in [-0.2, -0.15) is 5.10 Å². The predicted molar refractivity (Wildman–Crippen MR) is 148 cm³/mol. The average Bonchev–Trinajstić information content (AvgIpc) is 2.91. The third kappa shape index (κ3) is 5.87. The summed E-state index contributed by atoms with van der Waals surface area (Å²) in [5, 5.41) is 4.95. The number of hydrogen-bond acceptors (Lipinski definition) is 7. The van der Waals surface area contributed by atoms with E-state index in [-0.39, 0.29) is 15.7 Å². The van der Waals surface area contributed by atoms with Crippen LogP contribution in [-0.4, -0.2) is 46.3 Å². The van der Waals surface area contributed by atoms with Gasteiger partial charge >= 0.3 is 0 Å². The Labute approximate surface area is 225 Å². The minimum atomic E-state index is -4.11. The molecule has 0 saturated heterocycles. The molecule has 0 spiro atoms. The van der Waals surface area contributed by atoms with Gasteiger partial charge in [-0.25, -0.2) is 18.8 Å². The van der Waals surface area contributed by atoms with Gasteiger partial charge in [-0.1, -0.05) is 41.4 Å². The first-order valence-electron chi connectivity index (χ1n) is 11.4. The largest absolute Gasteiger partial charge is 0.497 e. The van der Waals surface area contributed by atoms with Crippen molar-refractivity contribution in [1.82, 2.24) is 10.4 Å². The predicted octanol–water partition coefficient (Wildman–Crippen LogP) is 4.56. The number of ether oxygens (including phenoxy) is 2. The highest BCUT2D eigenvalue weighted by Gasteiger charge is 2.29. The van der Waals surface area contributed by atoms with Crippen LogP contribution in [0.2, 0.25) is 5.15 Å². The van der Waals surface area contributed by atoms with Crippen LogP contribution in [0.25, 0.3) is 10.9 Å². The fourth-order valence-corrected chi connectivity index (χ4v) is 5.30. The van der Waals surface area contributed by atoms with Crippen molar-refractivity contribution in [2.24, 2.45) is 5.10 Å². The number of carbonyl (C=O) groups is 1. The fraction of sp³-hybridized carbons (Fsp3) is 0.148. The minimum absolute atomic E-state index is 0.0379. The van der Waals surface area contributed by atoms with Crippen molar-refractivity contribution >= 4 is 50.3 Å². The van der Waals surface area contributed by atoms with Crippen molar-refractivity contribution in [3.05, 3.63) is 89.1 Å². The third-order valence-electron chi connectivity index (χ3n) is 5.65. The molecule has 4 aromatic rings. The third-order valence-corrected chi connectivity index (χ3v) is 7.73. The lowest BCUT2D eigenvalue weighted by molar-refractivity contribution is -0.119. The molecule has 0 aliphatic carbocycles. The van der Waals surface area contributed by atoms with Crippen LogP contribution in [-0.2, 0) is 14.8 Å². The first-order chi connectivity index (χ1) is 18.2. The van der Waals surface area contributed by atoms with Gasteiger partial charge in [0, 0.05) is 17.0 Å². The topological polar surface area (TPSA) is 110 Å². The Hall–Kier alpha value is -4.15. The zero-order valence-electron chi connectivity index (χ0n) is 20.9. The number of methoxy groups -OCH3 is 2.